The van der Waals surface area contributed by atoms with Gasteiger partial charge >= 0.3 is 0 Å². The molecule has 1 aromatic heterocycles. The third kappa shape index (κ3) is 2.67. The normalized spacial score (nSPS) is 10.6. The highest BCUT2D eigenvalue weighted by molar-refractivity contribution is 9.11. The Hall–Kier alpha value is -0.520. The van der Waals surface area contributed by atoms with Crippen molar-refractivity contribution in [1.29, 1.82) is 0 Å². The van der Waals surface area contributed by atoms with E-state index in [0.29, 0.717) is 10.0 Å². The number of hydrogen-bond acceptors (Lipinski definition) is 2. The molecular formula is C12H7Br2FOS. The van der Waals surface area contributed by atoms with Crippen LogP contribution in [0.5, 0.6) is 0 Å². The maximum atomic E-state index is 13.6. The molecule has 0 aliphatic rings. The average Bonchev–Trinajstić information content (AvgIpc) is 2.60. The van der Waals surface area contributed by atoms with Crippen LogP contribution in [0.3, 0.4) is 0 Å². The van der Waals surface area contributed by atoms with E-state index in [-0.39, 0.29) is 11.3 Å². The van der Waals surface area contributed by atoms with Crippen LogP contribution in [0.1, 0.15) is 20.8 Å². The number of carbonyl (C=O) groups is 1. The van der Waals surface area contributed by atoms with Gasteiger partial charge in [0.05, 0.1) is 9.35 Å². The van der Waals surface area contributed by atoms with Crippen LogP contribution < -0.4 is 0 Å². The maximum absolute atomic E-state index is 13.6. The Labute approximate surface area is 119 Å². The summed E-state index contributed by atoms with van der Waals surface area (Å²) < 4.78 is 15.2. The Kier molecular flexibility index (Phi) is 3.80. The molecule has 1 heterocycles. The van der Waals surface area contributed by atoms with E-state index in [9.17, 15) is 9.18 Å². The Morgan fingerprint density at radius 3 is 2.53 bits per heavy atom. The lowest BCUT2D eigenvalue weighted by Gasteiger charge is -2.02. The lowest BCUT2D eigenvalue weighted by molar-refractivity contribution is 0.103. The van der Waals surface area contributed by atoms with Crippen LogP contribution in [0.15, 0.2) is 32.5 Å². The Balaban J connectivity index is 2.50. The van der Waals surface area contributed by atoms with Crippen molar-refractivity contribution in [3.8, 4) is 0 Å². The van der Waals surface area contributed by atoms with E-state index in [1.54, 1.807) is 12.1 Å². The number of ketones is 1. The molecule has 2 rings (SSSR count). The van der Waals surface area contributed by atoms with E-state index in [1.807, 2.05) is 6.92 Å². The molecule has 0 aliphatic carbocycles. The molecule has 0 spiro atoms. The summed E-state index contributed by atoms with van der Waals surface area (Å²) in [5.41, 5.74) is 0.631. The summed E-state index contributed by atoms with van der Waals surface area (Å²) in [6.07, 6.45) is 0. The third-order valence-electron chi connectivity index (χ3n) is 2.31. The van der Waals surface area contributed by atoms with Crippen LogP contribution in [0.2, 0.25) is 0 Å². The molecule has 0 fully saturated rings. The summed E-state index contributed by atoms with van der Waals surface area (Å²) in [6.45, 7) is 1.85. The van der Waals surface area contributed by atoms with Crippen molar-refractivity contribution in [2.24, 2.45) is 0 Å². The SMILES string of the molecule is Cc1sc(Br)cc1C(=O)c1cc(Br)ccc1F. The van der Waals surface area contributed by atoms with Gasteiger partial charge in [0, 0.05) is 14.9 Å². The van der Waals surface area contributed by atoms with Gasteiger partial charge in [-0.3, -0.25) is 4.79 Å². The van der Waals surface area contributed by atoms with E-state index in [1.165, 1.54) is 23.5 Å². The molecule has 0 saturated heterocycles. The molecule has 0 unspecified atom stereocenters. The number of halogens is 3. The van der Waals surface area contributed by atoms with Gasteiger partial charge in [0.15, 0.2) is 5.78 Å². The van der Waals surface area contributed by atoms with Gasteiger partial charge in [-0.25, -0.2) is 4.39 Å². The van der Waals surface area contributed by atoms with Crippen molar-refractivity contribution in [2.45, 2.75) is 6.92 Å². The highest BCUT2D eigenvalue weighted by atomic mass is 79.9. The summed E-state index contributed by atoms with van der Waals surface area (Å²) in [4.78, 5) is 13.1. The van der Waals surface area contributed by atoms with Gasteiger partial charge in [0.2, 0.25) is 0 Å². The van der Waals surface area contributed by atoms with Crippen LogP contribution in [-0.4, -0.2) is 5.78 Å². The monoisotopic (exact) mass is 376 g/mol. The molecule has 0 radical (unpaired) electrons. The summed E-state index contributed by atoms with van der Waals surface area (Å²) in [5, 5.41) is 0. The second kappa shape index (κ2) is 5.00. The van der Waals surface area contributed by atoms with Crippen molar-refractivity contribution in [3.05, 3.63) is 54.3 Å². The number of thiophene rings is 1. The minimum Gasteiger partial charge on any atom is -0.288 e. The van der Waals surface area contributed by atoms with E-state index in [0.717, 1.165) is 8.66 Å². The summed E-state index contributed by atoms with van der Waals surface area (Å²) >= 11 is 8.02. The highest BCUT2D eigenvalue weighted by Gasteiger charge is 2.18. The molecular weight excluding hydrogens is 371 g/mol. The number of hydrogen-bond donors (Lipinski definition) is 0. The first-order chi connectivity index (χ1) is 7.99. The van der Waals surface area contributed by atoms with E-state index >= 15 is 0 Å². The minimum absolute atomic E-state index is 0.0905. The van der Waals surface area contributed by atoms with Crippen LogP contribution >= 0.6 is 43.2 Å². The zero-order chi connectivity index (χ0) is 12.6. The van der Waals surface area contributed by atoms with Gasteiger partial charge in [-0.2, -0.15) is 0 Å². The molecule has 0 amide bonds. The number of carbonyl (C=O) groups excluding carboxylic acids is 1. The molecule has 17 heavy (non-hydrogen) atoms. The summed E-state index contributed by atoms with van der Waals surface area (Å²) in [6, 6.07) is 6.09. The van der Waals surface area contributed by atoms with E-state index in [4.69, 9.17) is 0 Å². The maximum Gasteiger partial charge on any atom is 0.197 e. The molecule has 2 aromatic rings. The molecule has 0 N–H and O–H groups in total. The highest BCUT2D eigenvalue weighted by Crippen LogP contribution is 2.29. The summed E-state index contributed by atoms with van der Waals surface area (Å²) in [5.74, 6) is -0.789. The lowest BCUT2D eigenvalue weighted by atomic mass is 10.0. The first-order valence-corrected chi connectivity index (χ1v) is 7.15. The molecule has 0 saturated carbocycles. The summed E-state index contributed by atoms with van der Waals surface area (Å²) in [7, 11) is 0. The van der Waals surface area contributed by atoms with Crippen LogP contribution in [0, 0.1) is 12.7 Å². The van der Waals surface area contributed by atoms with E-state index in [2.05, 4.69) is 31.9 Å². The van der Waals surface area contributed by atoms with Gasteiger partial charge in [0.25, 0.3) is 0 Å². The smallest absolute Gasteiger partial charge is 0.197 e. The van der Waals surface area contributed by atoms with Crippen LogP contribution in [-0.2, 0) is 0 Å². The van der Waals surface area contributed by atoms with Crippen molar-refractivity contribution >= 4 is 49.0 Å². The minimum atomic E-state index is -0.500. The van der Waals surface area contributed by atoms with Crippen LogP contribution in [0.4, 0.5) is 4.39 Å². The van der Waals surface area contributed by atoms with Gasteiger partial charge in [0.1, 0.15) is 5.82 Å². The fourth-order valence-corrected chi connectivity index (χ4v) is 3.54. The standard InChI is InChI=1S/C12H7Br2FOS/c1-6-8(5-11(14)17-6)12(16)9-4-7(13)2-3-10(9)15/h2-5H,1H3. The average molecular weight is 378 g/mol. The first kappa shape index (κ1) is 12.9. The van der Waals surface area contributed by atoms with Crippen LogP contribution in [0.25, 0.3) is 0 Å². The fourth-order valence-electron chi connectivity index (χ4n) is 1.49. The third-order valence-corrected chi connectivity index (χ3v) is 4.35. The van der Waals surface area contributed by atoms with Gasteiger partial charge < -0.3 is 0 Å². The second-order valence-electron chi connectivity index (χ2n) is 3.47. The topological polar surface area (TPSA) is 17.1 Å². The van der Waals surface area contributed by atoms with Crippen molar-refractivity contribution < 1.29 is 9.18 Å². The number of rotatable bonds is 2. The Bertz CT molecular complexity index is 592. The predicted octanol–water partition coefficient (Wildman–Crippen LogP) is 4.95. The van der Waals surface area contributed by atoms with Crippen molar-refractivity contribution in [3.63, 3.8) is 0 Å². The zero-order valence-electron chi connectivity index (χ0n) is 8.76. The largest absolute Gasteiger partial charge is 0.288 e. The predicted molar refractivity (Wildman–Crippen MR) is 74.3 cm³/mol. The second-order valence-corrected chi connectivity index (χ2v) is 7.02. The Morgan fingerprint density at radius 2 is 1.94 bits per heavy atom. The molecule has 1 nitrogen and oxygen atoms in total. The molecule has 0 aliphatic heterocycles. The Morgan fingerprint density at radius 1 is 1.24 bits per heavy atom. The molecule has 1 aromatic carbocycles. The van der Waals surface area contributed by atoms with Gasteiger partial charge in [-0.1, -0.05) is 15.9 Å². The molecule has 0 bridgehead atoms. The van der Waals surface area contributed by atoms with E-state index < -0.39 is 5.82 Å². The number of aryl methyl sites for hydroxylation is 1. The zero-order valence-corrected chi connectivity index (χ0v) is 12.7. The van der Waals surface area contributed by atoms with Gasteiger partial charge in [-0.15, -0.1) is 11.3 Å². The first-order valence-electron chi connectivity index (χ1n) is 4.74. The van der Waals surface area contributed by atoms with Crippen molar-refractivity contribution in [1.82, 2.24) is 0 Å². The quantitative estimate of drug-likeness (QED) is 0.676. The lowest BCUT2D eigenvalue weighted by Crippen LogP contribution is -2.04. The van der Waals surface area contributed by atoms with Crippen molar-refractivity contribution in [2.75, 3.05) is 0 Å². The molecule has 5 heteroatoms. The molecule has 0 atom stereocenters. The fraction of sp³-hybridized carbons (Fsp3) is 0.0833. The number of benzene rings is 1. The van der Waals surface area contributed by atoms with Gasteiger partial charge in [-0.05, 0) is 47.1 Å². The molecule has 88 valence electrons.